The molecule has 0 saturated heterocycles. The Balaban J connectivity index is 2.20. The number of nitro benzene ring substituents is 1. The number of hydrogen-bond donors (Lipinski definition) is 1. The summed E-state index contributed by atoms with van der Waals surface area (Å²) in [7, 11) is 1.68. The van der Waals surface area contributed by atoms with E-state index in [0.29, 0.717) is 10.7 Å². The van der Waals surface area contributed by atoms with Crippen molar-refractivity contribution in [2.45, 2.75) is 37.8 Å². The van der Waals surface area contributed by atoms with Gasteiger partial charge < -0.3 is 10.1 Å². The molecule has 104 valence electrons. The first-order valence-corrected chi connectivity index (χ1v) is 6.73. The Bertz CT molecular complexity index is 467. The maximum atomic E-state index is 11.0. The van der Waals surface area contributed by atoms with Crippen LogP contribution in [-0.2, 0) is 4.74 Å². The van der Waals surface area contributed by atoms with Gasteiger partial charge in [-0.15, -0.1) is 0 Å². The normalized spacial score (nSPS) is 23.1. The van der Waals surface area contributed by atoms with Gasteiger partial charge in [0.25, 0.3) is 5.69 Å². The van der Waals surface area contributed by atoms with E-state index in [4.69, 9.17) is 16.3 Å². The summed E-state index contributed by atoms with van der Waals surface area (Å²) in [4.78, 5) is 10.6. The minimum Gasteiger partial charge on any atom is -0.379 e. The zero-order valence-corrected chi connectivity index (χ0v) is 11.5. The molecule has 0 spiro atoms. The SMILES string of the molecule is COC1CCCCC1Nc1ccc(Cl)cc1[N+](=O)[O-]. The molecule has 6 heteroatoms. The highest BCUT2D eigenvalue weighted by atomic mass is 35.5. The quantitative estimate of drug-likeness (QED) is 0.677. The summed E-state index contributed by atoms with van der Waals surface area (Å²) in [6.45, 7) is 0. The minimum atomic E-state index is -0.418. The highest BCUT2D eigenvalue weighted by molar-refractivity contribution is 6.30. The molecule has 2 atom stereocenters. The summed E-state index contributed by atoms with van der Waals surface area (Å²) in [5.74, 6) is 0. The molecule has 2 unspecified atom stereocenters. The van der Waals surface area contributed by atoms with Gasteiger partial charge in [0.1, 0.15) is 5.69 Å². The molecule has 0 aromatic heterocycles. The predicted molar refractivity (Wildman–Crippen MR) is 74.8 cm³/mol. The zero-order valence-electron chi connectivity index (χ0n) is 10.8. The van der Waals surface area contributed by atoms with Gasteiger partial charge >= 0.3 is 0 Å². The van der Waals surface area contributed by atoms with E-state index in [1.165, 1.54) is 6.07 Å². The van der Waals surface area contributed by atoms with E-state index >= 15 is 0 Å². The third-order valence-electron chi connectivity index (χ3n) is 3.50. The van der Waals surface area contributed by atoms with Crippen LogP contribution in [0.3, 0.4) is 0 Å². The lowest BCUT2D eigenvalue weighted by Crippen LogP contribution is -2.37. The van der Waals surface area contributed by atoms with Crippen molar-refractivity contribution >= 4 is 23.0 Å². The zero-order chi connectivity index (χ0) is 13.8. The van der Waals surface area contributed by atoms with Gasteiger partial charge in [-0.05, 0) is 25.0 Å². The van der Waals surface area contributed by atoms with Gasteiger partial charge in [0.05, 0.1) is 17.1 Å². The Labute approximate surface area is 117 Å². The molecule has 19 heavy (non-hydrogen) atoms. The summed E-state index contributed by atoms with van der Waals surface area (Å²) in [6.07, 6.45) is 4.29. The van der Waals surface area contributed by atoms with Gasteiger partial charge in [0.15, 0.2) is 0 Å². The Morgan fingerprint density at radius 3 is 2.84 bits per heavy atom. The Morgan fingerprint density at radius 2 is 2.16 bits per heavy atom. The van der Waals surface area contributed by atoms with Crippen LogP contribution < -0.4 is 5.32 Å². The van der Waals surface area contributed by atoms with Crippen LogP contribution in [0.25, 0.3) is 0 Å². The van der Waals surface area contributed by atoms with E-state index in [-0.39, 0.29) is 17.8 Å². The molecule has 5 nitrogen and oxygen atoms in total. The van der Waals surface area contributed by atoms with Crippen molar-refractivity contribution in [3.8, 4) is 0 Å². The van der Waals surface area contributed by atoms with Crippen LogP contribution in [0.15, 0.2) is 18.2 Å². The minimum absolute atomic E-state index is 0.00734. The van der Waals surface area contributed by atoms with E-state index in [1.54, 1.807) is 19.2 Å². The van der Waals surface area contributed by atoms with E-state index in [9.17, 15) is 10.1 Å². The molecule has 0 aliphatic heterocycles. The smallest absolute Gasteiger partial charge is 0.293 e. The van der Waals surface area contributed by atoms with Crippen molar-refractivity contribution in [1.82, 2.24) is 0 Å². The molecule has 1 aliphatic carbocycles. The van der Waals surface area contributed by atoms with Crippen molar-refractivity contribution in [2.75, 3.05) is 12.4 Å². The van der Waals surface area contributed by atoms with Gasteiger partial charge in [-0.3, -0.25) is 10.1 Å². The maximum Gasteiger partial charge on any atom is 0.293 e. The Hall–Kier alpha value is -1.33. The summed E-state index contributed by atoms with van der Waals surface area (Å²) in [5, 5.41) is 14.6. The number of rotatable bonds is 4. The molecule has 0 radical (unpaired) electrons. The third kappa shape index (κ3) is 3.36. The molecule has 1 saturated carbocycles. The first-order valence-electron chi connectivity index (χ1n) is 6.35. The Kier molecular flexibility index (Phi) is 4.61. The van der Waals surface area contributed by atoms with E-state index in [1.807, 2.05) is 0 Å². The number of benzene rings is 1. The summed E-state index contributed by atoms with van der Waals surface area (Å²) in [6, 6.07) is 4.79. The molecule has 0 amide bonds. The van der Waals surface area contributed by atoms with E-state index in [0.717, 1.165) is 25.7 Å². The van der Waals surface area contributed by atoms with Gasteiger partial charge in [0.2, 0.25) is 0 Å². The standard InChI is InChI=1S/C13H17ClN2O3/c1-19-13-5-3-2-4-11(13)15-10-7-6-9(14)8-12(10)16(17)18/h6-8,11,13,15H,2-5H2,1H3. The molecule has 0 heterocycles. The molecule has 0 bridgehead atoms. The molecular weight excluding hydrogens is 268 g/mol. The van der Waals surface area contributed by atoms with Crippen LogP contribution in [0.2, 0.25) is 5.02 Å². The molecule has 1 aliphatic rings. The first kappa shape index (κ1) is 14.1. The molecule has 2 rings (SSSR count). The topological polar surface area (TPSA) is 64.4 Å². The van der Waals surface area contributed by atoms with Gasteiger partial charge in [-0.1, -0.05) is 24.4 Å². The van der Waals surface area contributed by atoms with Crippen molar-refractivity contribution in [1.29, 1.82) is 0 Å². The highest BCUT2D eigenvalue weighted by Crippen LogP contribution is 2.31. The second-order valence-electron chi connectivity index (χ2n) is 4.73. The predicted octanol–water partition coefficient (Wildman–Crippen LogP) is 3.62. The molecule has 1 aromatic carbocycles. The number of nitrogens with zero attached hydrogens (tertiary/aromatic N) is 1. The van der Waals surface area contributed by atoms with E-state index < -0.39 is 4.92 Å². The van der Waals surface area contributed by atoms with Crippen molar-refractivity contribution in [2.24, 2.45) is 0 Å². The van der Waals surface area contributed by atoms with Crippen LogP contribution in [0, 0.1) is 10.1 Å². The lowest BCUT2D eigenvalue weighted by Gasteiger charge is -2.31. The second kappa shape index (κ2) is 6.21. The summed E-state index contributed by atoms with van der Waals surface area (Å²) >= 11 is 5.80. The number of nitro groups is 1. The molecule has 1 N–H and O–H groups in total. The number of nitrogens with one attached hydrogen (secondary N) is 1. The van der Waals surface area contributed by atoms with Crippen molar-refractivity contribution < 1.29 is 9.66 Å². The Morgan fingerprint density at radius 1 is 1.42 bits per heavy atom. The van der Waals surface area contributed by atoms with Crippen molar-refractivity contribution in [3.63, 3.8) is 0 Å². The molecular formula is C13H17ClN2O3. The third-order valence-corrected chi connectivity index (χ3v) is 3.74. The summed E-state index contributed by atoms with van der Waals surface area (Å²) < 4.78 is 5.44. The number of methoxy groups -OCH3 is 1. The van der Waals surface area contributed by atoms with Gasteiger partial charge in [-0.2, -0.15) is 0 Å². The summed E-state index contributed by atoms with van der Waals surface area (Å²) in [5.41, 5.74) is 0.510. The van der Waals surface area contributed by atoms with Crippen LogP contribution in [0.4, 0.5) is 11.4 Å². The highest BCUT2D eigenvalue weighted by Gasteiger charge is 2.27. The monoisotopic (exact) mass is 284 g/mol. The van der Waals surface area contributed by atoms with Crippen LogP contribution in [-0.4, -0.2) is 24.2 Å². The van der Waals surface area contributed by atoms with Crippen LogP contribution in [0.5, 0.6) is 0 Å². The van der Waals surface area contributed by atoms with Crippen LogP contribution >= 0.6 is 11.6 Å². The average molecular weight is 285 g/mol. The molecule has 1 aromatic rings. The van der Waals surface area contributed by atoms with Gasteiger partial charge in [0, 0.05) is 18.2 Å². The van der Waals surface area contributed by atoms with Crippen LogP contribution in [0.1, 0.15) is 25.7 Å². The van der Waals surface area contributed by atoms with E-state index in [2.05, 4.69) is 5.32 Å². The fourth-order valence-electron chi connectivity index (χ4n) is 2.52. The fraction of sp³-hybridized carbons (Fsp3) is 0.538. The lowest BCUT2D eigenvalue weighted by atomic mass is 9.92. The number of ether oxygens (including phenoxy) is 1. The largest absolute Gasteiger partial charge is 0.379 e. The maximum absolute atomic E-state index is 11.0. The fourth-order valence-corrected chi connectivity index (χ4v) is 2.69. The van der Waals surface area contributed by atoms with Crippen molar-refractivity contribution in [3.05, 3.63) is 33.3 Å². The number of anilines is 1. The number of halogens is 1. The second-order valence-corrected chi connectivity index (χ2v) is 5.16. The first-order chi connectivity index (χ1) is 9.11. The molecule has 1 fully saturated rings. The van der Waals surface area contributed by atoms with Gasteiger partial charge in [-0.25, -0.2) is 0 Å². The average Bonchev–Trinajstić information content (AvgIpc) is 2.41. The number of hydrogen-bond acceptors (Lipinski definition) is 4. The lowest BCUT2D eigenvalue weighted by molar-refractivity contribution is -0.384.